The van der Waals surface area contributed by atoms with Gasteiger partial charge in [0.2, 0.25) is 0 Å². The monoisotopic (exact) mass is 547 g/mol. The number of rotatable bonds is 4. The fourth-order valence-corrected chi connectivity index (χ4v) is 7.52. The molecule has 188 valence electrons. The van der Waals surface area contributed by atoms with Crippen LogP contribution in [0.5, 0.6) is 0 Å². The van der Waals surface area contributed by atoms with E-state index in [4.69, 9.17) is 25.7 Å². The molecule has 0 N–H and O–H groups in total. The number of nitrogens with zero attached hydrogens (tertiary/aromatic N) is 5. The van der Waals surface area contributed by atoms with E-state index in [1.54, 1.807) is 29.8 Å². The van der Waals surface area contributed by atoms with E-state index < -0.39 is 5.69 Å². The zero-order valence-electron chi connectivity index (χ0n) is 19.7. The maximum atomic E-state index is 13.6. The van der Waals surface area contributed by atoms with E-state index in [1.807, 2.05) is 18.4 Å². The molecule has 36 heavy (non-hydrogen) atoms. The molecule has 4 aromatic heterocycles. The van der Waals surface area contributed by atoms with Crippen LogP contribution in [0.3, 0.4) is 0 Å². The third kappa shape index (κ3) is 3.53. The second-order valence-corrected chi connectivity index (χ2v) is 11.5. The molecule has 6 heterocycles. The van der Waals surface area contributed by atoms with Gasteiger partial charge in [-0.25, -0.2) is 14.6 Å². The van der Waals surface area contributed by atoms with Gasteiger partial charge in [0.1, 0.15) is 22.6 Å². The van der Waals surface area contributed by atoms with E-state index in [0.29, 0.717) is 53.6 Å². The standard InChI is InChI=1S/C23H22ClN5O5S2/c1-11-10-35-20(25-11)17-15-16(26(2)22(31)27(3)21(15)30)18-19(13-4-5-14(24)34-13)36-12(9-29(17)18)8-28-6-7-33-23(28)32/h4-5,10,12,19H,6-9H2,1-3H3/t12-,19-/m0/s1. The highest BCUT2D eigenvalue weighted by atomic mass is 35.5. The minimum absolute atomic E-state index is 0.0421. The van der Waals surface area contributed by atoms with Crippen LogP contribution in [0.2, 0.25) is 5.22 Å². The summed E-state index contributed by atoms with van der Waals surface area (Å²) in [7, 11) is 3.16. The second kappa shape index (κ2) is 8.56. The Kier molecular flexibility index (Phi) is 5.58. The first kappa shape index (κ1) is 23.4. The summed E-state index contributed by atoms with van der Waals surface area (Å²) in [4.78, 5) is 45.2. The summed E-state index contributed by atoms with van der Waals surface area (Å²) in [6.45, 7) is 3.78. The van der Waals surface area contributed by atoms with E-state index in [2.05, 4.69) is 4.57 Å². The minimum atomic E-state index is -0.411. The van der Waals surface area contributed by atoms with Crippen molar-refractivity contribution >= 4 is 51.7 Å². The second-order valence-electron chi connectivity index (χ2n) is 8.91. The van der Waals surface area contributed by atoms with Crippen LogP contribution in [0.4, 0.5) is 4.79 Å². The van der Waals surface area contributed by atoms with E-state index in [0.717, 1.165) is 16.0 Å². The van der Waals surface area contributed by atoms with Crippen LogP contribution in [0, 0.1) is 6.92 Å². The third-order valence-corrected chi connectivity index (χ3v) is 9.19. The van der Waals surface area contributed by atoms with Gasteiger partial charge in [0.15, 0.2) is 5.22 Å². The van der Waals surface area contributed by atoms with E-state index in [-0.39, 0.29) is 27.4 Å². The minimum Gasteiger partial charge on any atom is -0.448 e. The van der Waals surface area contributed by atoms with Crippen molar-refractivity contribution in [3.8, 4) is 10.7 Å². The van der Waals surface area contributed by atoms with Crippen LogP contribution in [0.15, 0.2) is 31.5 Å². The summed E-state index contributed by atoms with van der Waals surface area (Å²) in [5, 5.41) is 2.91. The van der Waals surface area contributed by atoms with E-state index in [9.17, 15) is 14.4 Å². The number of hydrogen-bond acceptors (Lipinski definition) is 8. The van der Waals surface area contributed by atoms with Crippen LogP contribution < -0.4 is 11.2 Å². The molecule has 0 spiro atoms. The highest BCUT2D eigenvalue weighted by molar-refractivity contribution is 8.00. The molecule has 6 rings (SSSR count). The lowest BCUT2D eigenvalue weighted by Gasteiger charge is -2.32. The number of hydrogen-bond donors (Lipinski definition) is 0. The lowest BCUT2D eigenvalue weighted by Crippen LogP contribution is -2.37. The number of aromatic nitrogens is 4. The average molecular weight is 548 g/mol. The van der Waals surface area contributed by atoms with Crippen LogP contribution >= 0.6 is 34.7 Å². The van der Waals surface area contributed by atoms with Crippen molar-refractivity contribution in [2.24, 2.45) is 14.1 Å². The zero-order valence-corrected chi connectivity index (χ0v) is 22.1. The Morgan fingerprint density at radius 2 is 2.00 bits per heavy atom. The van der Waals surface area contributed by atoms with Gasteiger partial charge in [-0.15, -0.1) is 23.1 Å². The normalized spacial score (nSPS) is 19.8. The molecule has 1 amide bonds. The maximum absolute atomic E-state index is 13.6. The molecule has 1 saturated heterocycles. The van der Waals surface area contributed by atoms with Crippen molar-refractivity contribution in [3.05, 3.63) is 60.7 Å². The molecule has 0 radical (unpaired) electrons. The molecule has 2 atom stereocenters. The molecule has 13 heteroatoms. The van der Waals surface area contributed by atoms with Crippen LogP contribution in [0.25, 0.3) is 21.6 Å². The van der Waals surface area contributed by atoms with E-state index in [1.165, 1.54) is 23.0 Å². The first-order valence-corrected chi connectivity index (χ1v) is 13.5. The number of aryl methyl sites for hydroxylation is 2. The van der Waals surface area contributed by atoms with Gasteiger partial charge in [0, 0.05) is 43.5 Å². The number of amides is 1. The summed E-state index contributed by atoms with van der Waals surface area (Å²) >= 11 is 9.23. The quantitative estimate of drug-likeness (QED) is 0.386. The molecule has 0 bridgehead atoms. The lowest BCUT2D eigenvalue weighted by atomic mass is 10.2. The van der Waals surface area contributed by atoms with Gasteiger partial charge < -0.3 is 18.6 Å². The number of carbonyl (C=O) groups is 1. The predicted octanol–water partition coefficient (Wildman–Crippen LogP) is 3.37. The Bertz CT molecular complexity index is 1650. The van der Waals surface area contributed by atoms with Gasteiger partial charge in [-0.1, -0.05) is 0 Å². The summed E-state index contributed by atoms with van der Waals surface area (Å²) in [6, 6.07) is 3.49. The highest BCUT2D eigenvalue weighted by Crippen LogP contribution is 2.49. The van der Waals surface area contributed by atoms with Gasteiger partial charge in [-0.2, -0.15) is 0 Å². The molecule has 0 aliphatic carbocycles. The lowest BCUT2D eigenvalue weighted by molar-refractivity contribution is 0.158. The molecule has 10 nitrogen and oxygen atoms in total. The highest BCUT2D eigenvalue weighted by Gasteiger charge is 2.39. The van der Waals surface area contributed by atoms with Crippen molar-refractivity contribution in [2.45, 2.75) is 24.0 Å². The summed E-state index contributed by atoms with van der Waals surface area (Å²) in [6.07, 6.45) is -0.330. The third-order valence-electron chi connectivity index (χ3n) is 6.61. The molecular formula is C23H22ClN5O5S2. The number of furan rings is 1. The van der Waals surface area contributed by atoms with Gasteiger partial charge >= 0.3 is 11.8 Å². The predicted molar refractivity (Wildman–Crippen MR) is 138 cm³/mol. The molecule has 2 aliphatic rings. The van der Waals surface area contributed by atoms with Crippen LogP contribution in [0.1, 0.15) is 22.4 Å². The molecule has 2 aliphatic heterocycles. The Morgan fingerprint density at radius 1 is 1.19 bits per heavy atom. The Morgan fingerprint density at radius 3 is 2.64 bits per heavy atom. The summed E-state index contributed by atoms with van der Waals surface area (Å²) in [5.74, 6) is 0.606. The number of fused-ring (bicyclic) bond motifs is 3. The Balaban J connectivity index is 1.65. The number of halogens is 1. The van der Waals surface area contributed by atoms with Crippen molar-refractivity contribution in [3.63, 3.8) is 0 Å². The first-order valence-electron chi connectivity index (χ1n) is 11.3. The SMILES string of the molecule is Cc1csc(-c2c3c(=O)n(C)c(=O)n(C)c3c3n2C[C@H](CN2CCOC2=O)S[C@H]3c2ccc(Cl)o2)n1. The van der Waals surface area contributed by atoms with Gasteiger partial charge in [0.05, 0.1) is 28.8 Å². The molecule has 0 unspecified atom stereocenters. The van der Waals surface area contributed by atoms with Crippen LogP contribution in [-0.2, 0) is 25.4 Å². The molecule has 1 fully saturated rings. The molecular weight excluding hydrogens is 526 g/mol. The number of ether oxygens (including phenoxy) is 1. The number of cyclic esters (lactones) is 1. The van der Waals surface area contributed by atoms with Gasteiger partial charge in [-0.3, -0.25) is 13.9 Å². The Hall–Kier alpha value is -2.96. The first-order chi connectivity index (χ1) is 17.2. The largest absolute Gasteiger partial charge is 0.448 e. The van der Waals surface area contributed by atoms with Crippen LogP contribution in [-0.4, -0.2) is 54.6 Å². The average Bonchev–Trinajstić information content (AvgIpc) is 3.63. The number of carbonyl (C=O) groups excluding carboxylic acids is 1. The summed E-state index contributed by atoms with van der Waals surface area (Å²) < 4.78 is 15.7. The zero-order chi connectivity index (χ0) is 25.3. The van der Waals surface area contributed by atoms with E-state index >= 15 is 0 Å². The fraction of sp³-hybridized carbons (Fsp3) is 0.391. The Labute approximate surface area is 218 Å². The molecule has 4 aromatic rings. The number of thiazole rings is 1. The summed E-state index contributed by atoms with van der Waals surface area (Å²) in [5.41, 5.74) is 2.06. The molecule has 0 saturated carbocycles. The smallest absolute Gasteiger partial charge is 0.409 e. The fourth-order valence-electron chi connectivity index (χ4n) is 4.99. The van der Waals surface area contributed by atoms with Crippen molar-refractivity contribution in [2.75, 3.05) is 19.7 Å². The van der Waals surface area contributed by atoms with Gasteiger partial charge in [0.25, 0.3) is 5.56 Å². The van der Waals surface area contributed by atoms with Crippen molar-refractivity contribution in [1.29, 1.82) is 0 Å². The maximum Gasteiger partial charge on any atom is 0.409 e. The molecule has 0 aromatic carbocycles. The van der Waals surface area contributed by atoms with Gasteiger partial charge in [-0.05, 0) is 30.7 Å². The van der Waals surface area contributed by atoms with Crippen molar-refractivity contribution in [1.82, 2.24) is 23.6 Å². The topological polar surface area (TPSA) is 104 Å². The van der Waals surface area contributed by atoms with Crippen molar-refractivity contribution < 1.29 is 13.9 Å². The number of thioether (sulfide) groups is 1.